The molecule has 1 saturated heterocycles. The summed E-state index contributed by atoms with van der Waals surface area (Å²) in [5.74, 6) is -1.00. The zero-order valence-corrected chi connectivity index (χ0v) is 16.9. The van der Waals surface area contributed by atoms with Crippen LogP contribution in [-0.4, -0.2) is 17.1 Å². The van der Waals surface area contributed by atoms with Crippen molar-refractivity contribution in [3.8, 4) is 6.07 Å². The van der Waals surface area contributed by atoms with Gasteiger partial charge < -0.3 is 5.73 Å². The minimum Gasteiger partial charge on any atom is -0.365 e. The summed E-state index contributed by atoms with van der Waals surface area (Å²) in [5, 5.41) is 9.27. The normalized spacial score (nSPS) is 18.3. The largest absolute Gasteiger partial charge is 0.365 e. The third-order valence-corrected chi connectivity index (χ3v) is 6.01. The Kier molecular flexibility index (Phi) is 5.68. The van der Waals surface area contributed by atoms with Crippen LogP contribution in [0.25, 0.3) is 0 Å². The number of benzene rings is 2. The Labute approximate surface area is 170 Å². The fraction of sp³-hybridized carbons (Fsp3) is 0.150. The molecule has 2 aromatic carbocycles. The van der Waals surface area contributed by atoms with Crippen LogP contribution in [0.1, 0.15) is 11.1 Å². The molecule has 1 atom stereocenters. The molecule has 0 bridgehead atoms. The molecule has 0 radical (unpaired) electrons. The number of aryl methyl sites for hydroxylation is 1. The van der Waals surface area contributed by atoms with E-state index < -0.39 is 11.2 Å². The van der Waals surface area contributed by atoms with Crippen LogP contribution >= 0.6 is 27.7 Å². The van der Waals surface area contributed by atoms with E-state index in [0.717, 1.165) is 15.6 Å². The second kappa shape index (κ2) is 7.99. The van der Waals surface area contributed by atoms with Crippen molar-refractivity contribution in [3.05, 3.63) is 74.7 Å². The molecule has 7 heteroatoms. The van der Waals surface area contributed by atoms with Gasteiger partial charge in [-0.15, -0.1) is 0 Å². The molecular weight excluding hydrogens is 426 g/mol. The van der Waals surface area contributed by atoms with Crippen molar-refractivity contribution in [1.29, 1.82) is 5.26 Å². The van der Waals surface area contributed by atoms with E-state index in [1.807, 2.05) is 55.5 Å². The van der Waals surface area contributed by atoms with E-state index in [1.54, 1.807) is 6.07 Å². The molecule has 2 N–H and O–H groups in total. The number of nitrogens with two attached hydrogens (primary N) is 1. The molecule has 0 aliphatic carbocycles. The second-order valence-electron chi connectivity index (χ2n) is 6.05. The molecule has 2 amide bonds. The highest BCUT2D eigenvalue weighted by atomic mass is 79.9. The van der Waals surface area contributed by atoms with Crippen molar-refractivity contribution in [2.45, 2.75) is 18.6 Å². The summed E-state index contributed by atoms with van der Waals surface area (Å²) < 4.78 is 0.958. The van der Waals surface area contributed by atoms with E-state index in [4.69, 9.17) is 5.73 Å². The van der Waals surface area contributed by atoms with E-state index in [2.05, 4.69) is 15.9 Å². The van der Waals surface area contributed by atoms with Crippen molar-refractivity contribution >= 4 is 45.2 Å². The summed E-state index contributed by atoms with van der Waals surface area (Å²) in [6.45, 7) is 1.88. The minimum absolute atomic E-state index is 0.166. The predicted molar refractivity (Wildman–Crippen MR) is 110 cm³/mol. The fourth-order valence-corrected chi connectivity index (χ4v) is 4.44. The number of carbonyl (C=O) groups excluding carboxylic acids is 2. The van der Waals surface area contributed by atoms with Crippen LogP contribution in [0.4, 0.5) is 5.69 Å². The third-order valence-electron chi connectivity index (χ3n) is 4.22. The van der Waals surface area contributed by atoms with Crippen molar-refractivity contribution in [3.63, 3.8) is 0 Å². The quantitative estimate of drug-likeness (QED) is 0.578. The highest BCUT2D eigenvalue weighted by molar-refractivity contribution is 9.10. The number of hydrogen-bond donors (Lipinski definition) is 1. The SMILES string of the molecule is Cc1ccccc1N1C(=O)C(Cc2ccc(Br)cc2)S/C1=C(\C#N)C(N)=O. The zero-order valence-electron chi connectivity index (χ0n) is 14.5. The minimum atomic E-state index is -0.837. The number of primary amides is 1. The predicted octanol–water partition coefficient (Wildman–Crippen LogP) is 3.67. The Morgan fingerprint density at radius 2 is 1.93 bits per heavy atom. The average Bonchev–Trinajstić information content (AvgIpc) is 2.94. The van der Waals surface area contributed by atoms with Crippen LogP contribution in [0.15, 0.2) is 63.6 Å². The molecule has 0 spiro atoms. The molecule has 3 rings (SSSR count). The van der Waals surface area contributed by atoms with Crippen molar-refractivity contribution in [1.82, 2.24) is 0 Å². The lowest BCUT2D eigenvalue weighted by Crippen LogP contribution is -2.31. The first-order valence-corrected chi connectivity index (χ1v) is 9.84. The number of amides is 2. The second-order valence-corrected chi connectivity index (χ2v) is 8.16. The van der Waals surface area contributed by atoms with Crippen LogP contribution in [-0.2, 0) is 16.0 Å². The van der Waals surface area contributed by atoms with Gasteiger partial charge in [0.15, 0.2) is 0 Å². The van der Waals surface area contributed by atoms with Gasteiger partial charge in [0.1, 0.15) is 16.7 Å². The summed E-state index contributed by atoms with van der Waals surface area (Å²) in [6, 6.07) is 16.9. The van der Waals surface area contributed by atoms with Gasteiger partial charge in [0.2, 0.25) is 5.91 Å². The van der Waals surface area contributed by atoms with Crippen LogP contribution in [0.2, 0.25) is 0 Å². The molecule has 0 aromatic heterocycles. The number of nitriles is 1. The number of nitrogens with zero attached hydrogens (tertiary/aromatic N) is 2. The molecule has 1 aliphatic rings. The standard InChI is InChI=1S/C20H16BrN3O2S/c1-12-4-2-3-5-16(12)24-19(26)17(10-13-6-8-14(21)9-7-13)27-20(24)15(11-22)18(23)25/h2-9,17H,10H2,1H3,(H2,23,25)/b20-15+. The molecule has 27 heavy (non-hydrogen) atoms. The van der Waals surface area contributed by atoms with E-state index in [-0.39, 0.29) is 11.5 Å². The van der Waals surface area contributed by atoms with Crippen molar-refractivity contribution < 1.29 is 9.59 Å². The number of hydrogen-bond acceptors (Lipinski definition) is 4. The number of thioether (sulfide) groups is 1. The van der Waals surface area contributed by atoms with Gasteiger partial charge in [-0.1, -0.05) is 58.0 Å². The third kappa shape index (κ3) is 3.92. The molecule has 2 aromatic rings. The topological polar surface area (TPSA) is 87.2 Å². The van der Waals surface area contributed by atoms with E-state index in [1.165, 1.54) is 16.7 Å². The Morgan fingerprint density at radius 3 is 2.52 bits per heavy atom. The summed E-state index contributed by atoms with van der Waals surface area (Å²) >= 11 is 4.61. The lowest BCUT2D eigenvalue weighted by molar-refractivity contribution is -0.117. The molecule has 1 aliphatic heterocycles. The van der Waals surface area contributed by atoms with Crippen LogP contribution < -0.4 is 10.6 Å². The maximum Gasteiger partial charge on any atom is 0.262 e. The summed E-state index contributed by atoms with van der Waals surface area (Å²) in [6.07, 6.45) is 0.486. The smallest absolute Gasteiger partial charge is 0.262 e. The highest BCUT2D eigenvalue weighted by Crippen LogP contribution is 2.42. The number of anilines is 1. The molecule has 1 unspecified atom stereocenters. The maximum atomic E-state index is 13.2. The first kappa shape index (κ1) is 19.2. The molecule has 1 fully saturated rings. The zero-order chi connectivity index (χ0) is 19.6. The van der Waals surface area contributed by atoms with Gasteiger partial charge >= 0.3 is 0 Å². The number of para-hydroxylation sites is 1. The number of halogens is 1. The van der Waals surface area contributed by atoms with Crippen molar-refractivity contribution in [2.75, 3.05) is 4.90 Å². The first-order valence-electron chi connectivity index (χ1n) is 8.17. The van der Waals surface area contributed by atoms with Gasteiger partial charge in [-0.3, -0.25) is 14.5 Å². The van der Waals surface area contributed by atoms with E-state index in [9.17, 15) is 14.9 Å². The van der Waals surface area contributed by atoms with E-state index >= 15 is 0 Å². The van der Waals surface area contributed by atoms with Crippen LogP contribution in [0.5, 0.6) is 0 Å². The maximum absolute atomic E-state index is 13.2. The van der Waals surface area contributed by atoms with Crippen LogP contribution in [0.3, 0.4) is 0 Å². The van der Waals surface area contributed by atoms with Gasteiger partial charge in [0, 0.05) is 4.47 Å². The Balaban J connectivity index is 2.05. The number of rotatable bonds is 4. The summed E-state index contributed by atoms with van der Waals surface area (Å²) in [5.41, 5.74) is 7.70. The summed E-state index contributed by atoms with van der Waals surface area (Å²) in [7, 11) is 0. The fourth-order valence-electron chi connectivity index (χ4n) is 2.87. The lowest BCUT2D eigenvalue weighted by atomic mass is 10.1. The molecule has 5 nitrogen and oxygen atoms in total. The first-order chi connectivity index (χ1) is 12.9. The average molecular weight is 442 g/mol. The Hall–Kier alpha value is -2.56. The molecule has 1 heterocycles. The molecule has 0 saturated carbocycles. The van der Waals surface area contributed by atoms with Gasteiger partial charge in [-0.2, -0.15) is 5.26 Å². The Bertz CT molecular complexity index is 979. The highest BCUT2D eigenvalue weighted by Gasteiger charge is 2.40. The number of carbonyl (C=O) groups is 2. The van der Waals surface area contributed by atoms with Crippen molar-refractivity contribution in [2.24, 2.45) is 5.73 Å². The molecule has 136 valence electrons. The van der Waals surface area contributed by atoms with Gasteiger partial charge in [-0.25, -0.2) is 0 Å². The Morgan fingerprint density at radius 1 is 1.26 bits per heavy atom. The monoisotopic (exact) mass is 441 g/mol. The lowest BCUT2D eigenvalue weighted by Gasteiger charge is -2.20. The summed E-state index contributed by atoms with van der Waals surface area (Å²) in [4.78, 5) is 26.4. The van der Waals surface area contributed by atoms with E-state index in [0.29, 0.717) is 17.1 Å². The van der Waals surface area contributed by atoms with Crippen LogP contribution in [0, 0.1) is 18.3 Å². The van der Waals surface area contributed by atoms with Gasteiger partial charge in [0.25, 0.3) is 5.91 Å². The van der Waals surface area contributed by atoms with Gasteiger partial charge in [-0.05, 0) is 42.7 Å². The molecular formula is C20H16BrN3O2S. The van der Waals surface area contributed by atoms with Gasteiger partial charge in [0.05, 0.1) is 10.9 Å².